The summed E-state index contributed by atoms with van der Waals surface area (Å²) in [5, 5.41) is 0. The predicted octanol–water partition coefficient (Wildman–Crippen LogP) is 5.46. The Labute approximate surface area is 206 Å². The van der Waals surface area contributed by atoms with Gasteiger partial charge >= 0.3 is 0 Å². The minimum Gasteiger partial charge on any atom is -0.484 e. The van der Waals surface area contributed by atoms with E-state index in [0.717, 1.165) is 25.3 Å². The Kier molecular flexibility index (Phi) is 6.96. The lowest BCUT2D eigenvalue weighted by Gasteiger charge is -2.38. The van der Waals surface area contributed by atoms with E-state index in [9.17, 15) is 4.79 Å². The number of hydrogen-bond acceptors (Lipinski definition) is 4. The van der Waals surface area contributed by atoms with E-state index < -0.39 is 0 Å². The highest BCUT2D eigenvalue weighted by Crippen LogP contribution is 2.38. The fourth-order valence-electron chi connectivity index (χ4n) is 4.73. The van der Waals surface area contributed by atoms with Gasteiger partial charge in [-0.05, 0) is 52.9 Å². The molecule has 2 heterocycles. The molecule has 1 atom stereocenters. The number of benzene rings is 3. The van der Waals surface area contributed by atoms with Crippen molar-refractivity contribution in [1.29, 1.82) is 0 Å². The second-order valence-electron chi connectivity index (χ2n) is 9.00. The number of carbonyl (C=O) groups excluding carboxylic acids is 1. The summed E-state index contributed by atoms with van der Waals surface area (Å²) in [5.41, 5.74) is 5.13. The number of furan rings is 1. The molecule has 35 heavy (non-hydrogen) atoms. The monoisotopic (exact) mass is 466 g/mol. The van der Waals surface area contributed by atoms with Gasteiger partial charge in [-0.25, -0.2) is 0 Å². The molecule has 4 aromatic rings. The highest BCUT2D eigenvalue weighted by Gasteiger charge is 2.29. The molecule has 1 aromatic heterocycles. The molecule has 3 aromatic carbocycles. The molecule has 0 fully saturated rings. The summed E-state index contributed by atoms with van der Waals surface area (Å²) in [6.07, 6.45) is 2.60. The van der Waals surface area contributed by atoms with Gasteiger partial charge in [0.25, 0.3) is 5.91 Å². The normalized spacial score (nSPS) is 15.4. The molecule has 1 aliphatic heterocycles. The van der Waals surface area contributed by atoms with Gasteiger partial charge in [0.2, 0.25) is 0 Å². The summed E-state index contributed by atoms with van der Waals surface area (Å²) < 4.78 is 11.3. The zero-order valence-corrected chi connectivity index (χ0v) is 20.0. The van der Waals surface area contributed by atoms with Crippen molar-refractivity contribution in [2.75, 3.05) is 20.2 Å². The molecule has 1 amide bonds. The van der Waals surface area contributed by atoms with E-state index in [0.29, 0.717) is 12.3 Å². The van der Waals surface area contributed by atoms with Crippen LogP contribution in [0.5, 0.6) is 5.75 Å². The van der Waals surface area contributed by atoms with Gasteiger partial charge in [-0.2, -0.15) is 0 Å². The first-order chi connectivity index (χ1) is 17.2. The van der Waals surface area contributed by atoms with E-state index in [2.05, 4.69) is 77.7 Å². The third kappa shape index (κ3) is 5.47. The van der Waals surface area contributed by atoms with Crippen LogP contribution >= 0.6 is 0 Å². The van der Waals surface area contributed by atoms with Crippen LogP contribution in [-0.4, -0.2) is 35.9 Å². The summed E-state index contributed by atoms with van der Waals surface area (Å²) in [6.45, 7) is 2.27. The number of rotatable bonds is 8. The van der Waals surface area contributed by atoms with Crippen molar-refractivity contribution in [2.24, 2.45) is 0 Å². The van der Waals surface area contributed by atoms with Crippen molar-refractivity contribution in [3.8, 4) is 5.75 Å². The Morgan fingerprint density at radius 3 is 2.51 bits per heavy atom. The van der Waals surface area contributed by atoms with Crippen molar-refractivity contribution >= 4 is 5.91 Å². The highest BCUT2D eigenvalue weighted by atomic mass is 16.5. The summed E-state index contributed by atoms with van der Waals surface area (Å²) in [4.78, 5) is 16.8. The third-order valence-corrected chi connectivity index (χ3v) is 6.55. The maximum absolute atomic E-state index is 12.6. The lowest BCUT2D eigenvalue weighted by molar-refractivity contribution is -0.132. The van der Waals surface area contributed by atoms with Crippen molar-refractivity contribution in [1.82, 2.24) is 9.80 Å². The first-order valence-corrected chi connectivity index (χ1v) is 12.0. The minimum absolute atomic E-state index is 0.0142. The molecule has 0 aliphatic carbocycles. The Bertz CT molecular complexity index is 1240. The molecule has 1 unspecified atom stereocenters. The third-order valence-electron chi connectivity index (χ3n) is 6.55. The molecular weight excluding hydrogens is 436 g/mol. The average Bonchev–Trinajstić information content (AvgIpc) is 3.41. The molecular formula is C30H30N2O3. The van der Waals surface area contributed by atoms with Crippen molar-refractivity contribution in [3.05, 3.63) is 125 Å². The molecule has 0 saturated heterocycles. The van der Waals surface area contributed by atoms with Gasteiger partial charge in [-0.1, -0.05) is 66.7 Å². The zero-order chi connectivity index (χ0) is 24.0. The fourth-order valence-corrected chi connectivity index (χ4v) is 4.73. The smallest absolute Gasteiger partial charge is 0.260 e. The van der Waals surface area contributed by atoms with Gasteiger partial charge in [0.05, 0.1) is 18.8 Å². The Hall–Kier alpha value is -3.83. The van der Waals surface area contributed by atoms with Gasteiger partial charge in [0.1, 0.15) is 11.5 Å². The second-order valence-corrected chi connectivity index (χ2v) is 9.00. The molecule has 0 N–H and O–H groups in total. The molecule has 0 spiro atoms. The molecule has 1 aliphatic rings. The van der Waals surface area contributed by atoms with E-state index in [1.807, 2.05) is 18.2 Å². The Morgan fingerprint density at radius 2 is 1.77 bits per heavy atom. The van der Waals surface area contributed by atoms with Crippen molar-refractivity contribution in [2.45, 2.75) is 25.6 Å². The number of fused-ring (bicyclic) bond motifs is 1. The number of nitrogens with zero attached hydrogens (tertiary/aromatic N) is 2. The van der Waals surface area contributed by atoms with E-state index in [1.165, 1.54) is 22.3 Å². The molecule has 5 heteroatoms. The highest BCUT2D eigenvalue weighted by molar-refractivity contribution is 5.77. The van der Waals surface area contributed by atoms with Crippen molar-refractivity contribution in [3.63, 3.8) is 0 Å². The number of carbonyl (C=O) groups is 1. The minimum atomic E-state index is -0.0931. The summed E-state index contributed by atoms with van der Waals surface area (Å²) in [5.74, 6) is 1.37. The largest absolute Gasteiger partial charge is 0.484 e. The number of hydrogen-bond donors (Lipinski definition) is 0. The van der Waals surface area contributed by atoms with E-state index in [1.54, 1.807) is 18.2 Å². The van der Waals surface area contributed by atoms with Gasteiger partial charge in [0, 0.05) is 20.1 Å². The van der Waals surface area contributed by atoms with Crippen LogP contribution in [0.1, 0.15) is 34.1 Å². The fraction of sp³-hybridized carbons (Fsp3) is 0.233. The number of amides is 1. The Morgan fingerprint density at radius 1 is 1.00 bits per heavy atom. The van der Waals surface area contributed by atoms with Crippen LogP contribution in [0, 0.1) is 0 Å². The van der Waals surface area contributed by atoms with Gasteiger partial charge < -0.3 is 14.1 Å². The zero-order valence-electron chi connectivity index (χ0n) is 20.0. The van der Waals surface area contributed by atoms with Crippen LogP contribution < -0.4 is 4.74 Å². The molecule has 5 rings (SSSR count). The average molecular weight is 467 g/mol. The SMILES string of the molecule is CN(Cc1ccco1)C(=O)COc1ccc2c(c1)C(c1ccccc1)N(Cc1ccccc1)CC2. The first kappa shape index (κ1) is 22.9. The lowest BCUT2D eigenvalue weighted by Crippen LogP contribution is -2.35. The molecule has 0 radical (unpaired) electrons. The van der Waals surface area contributed by atoms with Crippen LogP contribution in [0.4, 0.5) is 0 Å². The van der Waals surface area contributed by atoms with E-state index in [-0.39, 0.29) is 18.6 Å². The van der Waals surface area contributed by atoms with Gasteiger partial charge in [-0.3, -0.25) is 9.69 Å². The topological polar surface area (TPSA) is 45.9 Å². The van der Waals surface area contributed by atoms with E-state index in [4.69, 9.17) is 9.15 Å². The molecule has 0 bridgehead atoms. The maximum atomic E-state index is 12.6. The summed E-state index contributed by atoms with van der Waals surface area (Å²) in [7, 11) is 1.76. The first-order valence-electron chi connectivity index (χ1n) is 12.0. The van der Waals surface area contributed by atoms with Crippen LogP contribution in [0.25, 0.3) is 0 Å². The standard InChI is InChI=1S/C30H30N2O3/c1-31(21-27-13-8-18-34-27)29(33)22-35-26-15-14-24-16-17-32(20-23-9-4-2-5-10-23)30(28(24)19-26)25-11-6-3-7-12-25/h2-15,18-19,30H,16-17,20-22H2,1H3. The van der Waals surface area contributed by atoms with Crippen molar-refractivity contribution < 1.29 is 13.9 Å². The second kappa shape index (κ2) is 10.6. The number of likely N-dealkylation sites (N-methyl/N-ethyl adjacent to an activating group) is 1. The Balaban J connectivity index is 1.35. The summed E-state index contributed by atoms with van der Waals surface area (Å²) >= 11 is 0. The molecule has 0 saturated carbocycles. The van der Waals surface area contributed by atoms with Crippen LogP contribution in [-0.2, 0) is 24.3 Å². The lowest BCUT2D eigenvalue weighted by atomic mass is 9.87. The molecule has 5 nitrogen and oxygen atoms in total. The van der Waals surface area contributed by atoms with Gasteiger partial charge in [-0.15, -0.1) is 0 Å². The van der Waals surface area contributed by atoms with Gasteiger partial charge in [0.15, 0.2) is 6.61 Å². The number of ether oxygens (including phenoxy) is 1. The summed E-state index contributed by atoms with van der Waals surface area (Å²) in [6, 6.07) is 31.3. The van der Waals surface area contributed by atoms with E-state index >= 15 is 0 Å². The quantitative estimate of drug-likeness (QED) is 0.346. The van der Waals surface area contributed by atoms with Crippen LogP contribution in [0.15, 0.2) is 102 Å². The molecule has 178 valence electrons. The van der Waals surface area contributed by atoms with Crippen LogP contribution in [0.2, 0.25) is 0 Å². The van der Waals surface area contributed by atoms with Crippen LogP contribution in [0.3, 0.4) is 0 Å². The maximum Gasteiger partial charge on any atom is 0.260 e. The predicted molar refractivity (Wildman–Crippen MR) is 136 cm³/mol.